The molecule has 0 unspecified atom stereocenters. The highest BCUT2D eigenvalue weighted by Crippen LogP contribution is 2.24. The van der Waals surface area contributed by atoms with Gasteiger partial charge in [0.25, 0.3) is 5.91 Å². The Bertz CT molecular complexity index is 632. The molecule has 1 aliphatic rings. The zero-order valence-electron chi connectivity index (χ0n) is 12.1. The molecule has 1 fully saturated rings. The smallest absolute Gasteiger partial charge is 0.263 e. The maximum Gasteiger partial charge on any atom is 0.263 e. The van der Waals surface area contributed by atoms with Crippen LogP contribution in [0.1, 0.15) is 33.1 Å². The summed E-state index contributed by atoms with van der Waals surface area (Å²) in [5.74, 6) is -0.0446. The van der Waals surface area contributed by atoms with Crippen molar-refractivity contribution in [2.45, 2.75) is 26.3 Å². The molecule has 1 amide bonds. The van der Waals surface area contributed by atoms with Crippen molar-refractivity contribution in [1.29, 1.82) is 0 Å². The number of carbonyl (C=O) groups excluding carboxylic acids is 1. The minimum atomic E-state index is -0.0446. The number of rotatable bonds is 4. The van der Waals surface area contributed by atoms with Gasteiger partial charge in [0.05, 0.1) is 11.2 Å². The molecule has 2 aromatic rings. The summed E-state index contributed by atoms with van der Waals surface area (Å²) in [6.07, 6.45) is 4.14. The van der Waals surface area contributed by atoms with Gasteiger partial charge in [-0.1, -0.05) is 18.2 Å². The third-order valence-electron chi connectivity index (χ3n) is 3.72. The van der Waals surface area contributed by atoms with Crippen LogP contribution in [0.25, 0.3) is 0 Å². The lowest BCUT2D eigenvalue weighted by molar-refractivity contribution is 0.0955. The molecule has 3 rings (SSSR count). The number of aryl methyl sites for hydroxylation is 1. The number of nitrogens with one attached hydrogen (secondary N) is 1. The maximum atomic E-state index is 12.1. The van der Waals surface area contributed by atoms with E-state index in [9.17, 15) is 4.79 Å². The van der Waals surface area contributed by atoms with Crippen molar-refractivity contribution in [3.63, 3.8) is 0 Å². The van der Waals surface area contributed by atoms with Crippen LogP contribution < -0.4 is 10.2 Å². The minimum absolute atomic E-state index is 0.0446. The molecule has 1 saturated heterocycles. The number of aromatic nitrogens is 1. The summed E-state index contributed by atoms with van der Waals surface area (Å²) in [5, 5.41) is 3.91. The fourth-order valence-electron chi connectivity index (χ4n) is 2.66. The predicted molar refractivity (Wildman–Crippen MR) is 85.9 cm³/mol. The van der Waals surface area contributed by atoms with E-state index in [2.05, 4.69) is 33.4 Å². The molecule has 0 spiro atoms. The number of anilines is 1. The fraction of sp³-hybridized carbons (Fsp3) is 0.375. The highest BCUT2D eigenvalue weighted by atomic mass is 32.1. The lowest BCUT2D eigenvalue weighted by Gasteiger charge is -2.21. The van der Waals surface area contributed by atoms with Crippen LogP contribution in [0, 0.1) is 6.92 Å². The van der Waals surface area contributed by atoms with Crippen LogP contribution in [0.3, 0.4) is 0 Å². The first-order chi connectivity index (χ1) is 10.2. The average Bonchev–Trinajstić information content (AvgIpc) is 3.16. The normalized spacial score (nSPS) is 14.4. The number of thiazole rings is 1. The molecule has 21 heavy (non-hydrogen) atoms. The Morgan fingerprint density at radius 2 is 2.10 bits per heavy atom. The van der Waals surface area contributed by atoms with Gasteiger partial charge in [-0.3, -0.25) is 4.79 Å². The number of carbonyl (C=O) groups is 1. The van der Waals surface area contributed by atoms with Crippen molar-refractivity contribution in [1.82, 2.24) is 10.3 Å². The van der Waals surface area contributed by atoms with Crippen LogP contribution in [0.15, 0.2) is 30.5 Å². The van der Waals surface area contributed by atoms with Gasteiger partial charge in [-0.05, 0) is 31.4 Å². The van der Waals surface area contributed by atoms with Crippen molar-refractivity contribution in [2.75, 3.05) is 18.0 Å². The third-order valence-corrected chi connectivity index (χ3v) is 4.63. The van der Waals surface area contributed by atoms with E-state index in [1.807, 2.05) is 13.0 Å². The zero-order valence-corrected chi connectivity index (χ0v) is 12.9. The summed E-state index contributed by atoms with van der Waals surface area (Å²) in [6, 6.07) is 8.32. The minimum Gasteiger partial charge on any atom is -0.371 e. The van der Waals surface area contributed by atoms with Crippen molar-refractivity contribution in [3.05, 3.63) is 45.9 Å². The molecule has 2 heterocycles. The van der Waals surface area contributed by atoms with E-state index in [1.54, 1.807) is 6.20 Å². The SMILES string of the molecule is Cc1ncc(C(=O)NCc2ccccc2N2CCCC2)s1. The molecular formula is C16H19N3OS. The first kappa shape index (κ1) is 14.1. The van der Waals surface area contributed by atoms with Crippen molar-refractivity contribution in [2.24, 2.45) is 0 Å². The van der Waals surface area contributed by atoms with Gasteiger partial charge in [-0.15, -0.1) is 11.3 Å². The Morgan fingerprint density at radius 3 is 2.81 bits per heavy atom. The average molecular weight is 301 g/mol. The second-order valence-electron chi connectivity index (χ2n) is 5.25. The molecule has 1 N–H and O–H groups in total. The van der Waals surface area contributed by atoms with Crippen LogP contribution in [-0.2, 0) is 6.54 Å². The van der Waals surface area contributed by atoms with E-state index in [1.165, 1.54) is 35.4 Å². The standard InChI is InChI=1S/C16H19N3OS/c1-12-17-11-15(21-12)16(20)18-10-13-6-2-3-7-14(13)19-8-4-5-9-19/h2-3,6-7,11H,4-5,8-10H2,1H3,(H,18,20). The first-order valence-electron chi connectivity index (χ1n) is 7.27. The van der Waals surface area contributed by atoms with Crippen LogP contribution in [0.2, 0.25) is 0 Å². The molecule has 0 radical (unpaired) electrons. The molecule has 110 valence electrons. The summed E-state index contributed by atoms with van der Waals surface area (Å²) >= 11 is 1.43. The Labute approximate surface area is 128 Å². The van der Waals surface area contributed by atoms with Crippen molar-refractivity contribution < 1.29 is 4.79 Å². The van der Waals surface area contributed by atoms with Gasteiger partial charge in [-0.25, -0.2) is 4.98 Å². The molecule has 0 bridgehead atoms. The first-order valence-corrected chi connectivity index (χ1v) is 8.09. The third kappa shape index (κ3) is 3.24. The van der Waals surface area contributed by atoms with Crippen LogP contribution >= 0.6 is 11.3 Å². The summed E-state index contributed by atoms with van der Waals surface area (Å²) < 4.78 is 0. The highest BCUT2D eigenvalue weighted by molar-refractivity contribution is 7.13. The van der Waals surface area contributed by atoms with Gasteiger partial charge in [0, 0.05) is 25.3 Å². The number of benzene rings is 1. The molecule has 1 aromatic carbocycles. The molecule has 4 nitrogen and oxygen atoms in total. The second kappa shape index (κ2) is 6.26. The quantitative estimate of drug-likeness (QED) is 0.944. The molecule has 5 heteroatoms. The molecular weight excluding hydrogens is 282 g/mol. The van der Waals surface area contributed by atoms with E-state index < -0.39 is 0 Å². The van der Waals surface area contributed by atoms with Gasteiger partial charge in [0.1, 0.15) is 4.88 Å². The molecule has 1 aromatic heterocycles. The topological polar surface area (TPSA) is 45.2 Å². The molecule has 0 saturated carbocycles. The van der Waals surface area contributed by atoms with E-state index >= 15 is 0 Å². The van der Waals surface area contributed by atoms with Gasteiger partial charge in [0.2, 0.25) is 0 Å². The van der Waals surface area contributed by atoms with E-state index in [0.717, 1.165) is 18.1 Å². The van der Waals surface area contributed by atoms with Gasteiger partial charge in [0.15, 0.2) is 0 Å². The Hall–Kier alpha value is -1.88. The summed E-state index contributed by atoms with van der Waals surface area (Å²) in [4.78, 5) is 19.3. The number of para-hydroxylation sites is 1. The fourth-order valence-corrected chi connectivity index (χ4v) is 3.35. The zero-order chi connectivity index (χ0) is 14.7. The monoisotopic (exact) mass is 301 g/mol. The lowest BCUT2D eigenvalue weighted by atomic mass is 10.1. The van der Waals surface area contributed by atoms with E-state index in [0.29, 0.717) is 11.4 Å². The predicted octanol–water partition coefficient (Wildman–Crippen LogP) is 2.98. The van der Waals surface area contributed by atoms with E-state index in [-0.39, 0.29) is 5.91 Å². The van der Waals surface area contributed by atoms with Crippen molar-refractivity contribution >= 4 is 22.9 Å². The maximum absolute atomic E-state index is 12.1. The van der Waals surface area contributed by atoms with Crippen LogP contribution in [-0.4, -0.2) is 24.0 Å². The van der Waals surface area contributed by atoms with Gasteiger partial charge >= 0.3 is 0 Å². The summed E-state index contributed by atoms with van der Waals surface area (Å²) in [7, 11) is 0. The van der Waals surface area contributed by atoms with Gasteiger partial charge < -0.3 is 10.2 Å². The second-order valence-corrected chi connectivity index (χ2v) is 6.48. The van der Waals surface area contributed by atoms with Gasteiger partial charge in [-0.2, -0.15) is 0 Å². The number of nitrogens with zero attached hydrogens (tertiary/aromatic N) is 2. The lowest BCUT2D eigenvalue weighted by Crippen LogP contribution is -2.25. The van der Waals surface area contributed by atoms with Crippen LogP contribution in [0.5, 0.6) is 0 Å². The highest BCUT2D eigenvalue weighted by Gasteiger charge is 2.16. The van der Waals surface area contributed by atoms with Crippen molar-refractivity contribution in [3.8, 4) is 0 Å². The molecule has 0 atom stereocenters. The number of hydrogen-bond donors (Lipinski definition) is 1. The molecule has 1 aliphatic heterocycles. The Balaban J connectivity index is 1.69. The Kier molecular flexibility index (Phi) is 4.20. The van der Waals surface area contributed by atoms with E-state index in [4.69, 9.17) is 0 Å². The van der Waals surface area contributed by atoms with Crippen LogP contribution in [0.4, 0.5) is 5.69 Å². The number of hydrogen-bond acceptors (Lipinski definition) is 4. The summed E-state index contributed by atoms with van der Waals surface area (Å²) in [6.45, 7) is 4.69. The molecule has 0 aliphatic carbocycles. The largest absolute Gasteiger partial charge is 0.371 e. The Morgan fingerprint density at radius 1 is 1.33 bits per heavy atom. The number of amides is 1. The summed E-state index contributed by atoms with van der Waals surface area (Å²) in [5.41, 5.74) is 2.42.